The molecule has 7 heteroatoms. The van der Waals surface area contributed by atoms with E-state index in [9.17, 15) is 19.5 Å². The fourth-order valence-corrected chi connectivity index (χ4v) is 0.659. The van der Waals surface area contributed by atoms with Crippen LogP contribution in [0.15, 0.2) is 0 Å². The van der Waals surface area contributed by atoms with E-state index in [1.165, 1.54) is 0 Å². The summed E-state index contributed by atoms with van der Waals surface area (Å²) in [5.41, 5.74) is 0. The van der Waals surface area contributed by atoms with E-state index in [0.29, 0.717) is 0 Å². The Labute approximate surface area is 116 Å². The molecule has 0 fully saturated rings. The molecule has 0 aromatic rings. The van der Waals surface area contributed by atoms with Gasteiger partial charge >= 0.3 is 63.3 Å². The van der Waals surface area contributed by atoms with Crippen molar-refractivity contribution in [2.75, 3.05) is 0 Å². The summed E-state index contributed by atoms with van der Waals surface area (Å²) < 4.78 is 0. The molecule has 0 aliphatic rings. The number of aliphatic carboxylic acids is 3. The molecule has 0 rings (SSSR count). The first-order valence-corrected chi connectivity index (χ1v) is 3.08. The molecule has 68 valence electrons. The van der Waals surface area contributed by atoms with Gasteiger partial charge in [0.15, 0.2) is 0 Å². The van der Waals surface area contributed by atoms with Crippen LogP contribution < -0.4 is 56.5 Å². The zero-order valence-electron chi connectivity index (χ0n) is 7.02. The van der Waals surface area contributed by atoms with Crippen LogP contribution in [-0.2, 0) is 14.4 Å². The number of carbonyl (C=O) groups is 3. The molecule has 1 atom stereocenters. The second-order valence-electron chi connectivity index (χ2n) is 2.21. The Bertz CT molecular complexity index is 197. The standard InChI is InChI=1S/C6H8O6.K/c7-4(8)1-3(6(11)12)2-5(9)10;/h3H,1-2H2,(H,7,8)(H,9,10)(H,11,12);/q;+1/p-1. The predicted molar refractivity (Wildman–Crippen MR) is 33.0 cm³/mol. The summed E-state index contributed by atoms with van der Waals surface area (Å²) in [6.45, 7) is 0. The molecule has 0 aliphatic carbocycles. The van der Waals surface area contributed by atoms with Crippen molar-refractivity contribution >= 4 is 17.9 Å². The van der Waals surface area contributed by atoms with Gasteiger partial charge in [-0.3, -0.25) is 9.59 Å². The number of carboxylic acids is 3. The van der Waals surface area contributed by atoms with Crippen LogP contribution in [0.1, 0.15) is 12.8 Å². The molecular weight excluding hydrogens is 207 g/mol. The van der Waals surface area contributed by atoms with Crippen LogP contribution in [-0.4, -0.2) is 28.1 Å². The molecule has 1 unspecified atom stereocenters. The maximum Gasteiger partial charge on any atom is 1.00 e. The van der Waals surface area contributed by atoms with Crippen LogP contribution in [0.25, 0.3) is 0 Å². The van der Waals surface area contributed by atoms with E-state index in [1.807, 2.05) is 0 Å². The van der Waals surface area contributed by atoms with E-state index in [1.54, 1.807) is 0 Å². The van der Waals surface area contributed by atoms with Crippen molar-refractivity contribution in [3.8, 4) is 0 Å². The van der Waals surface area contributed by atoms with Crippen LogP contribution in [0.5, 0.6) is 0 Å². The number of hydrogen-bond acceptors (Lipinski definition) is 4. The summed E-state index contributed by atoms with van der Waals surface area (Å²) in [5.74, 6) is -5.76. The van der Waals surface area contributed by atoms with Gasteiger partial charge in [0.2, 0.25) is 0 Å². The monoisotopic (exact) mass is 214 g/mol. The van der Waals surface area contributed by atoms with Crippen molar-refractivity contribution in [1.29, 1.82) is 0 Å². The molecule has 0 amide bonds. The molecule has 0 radical (unpaired) electrons. The first kappa shape index (κ1) is 15.5. The zero-order valence-corrected chi connectivity index (χ0v) is 10.1. The second-order valence-corrected chi connectivity index (χ2v) is 2.21. The zero-order chi connectivity index (χ0) is 9.72. The molecule has 13 heavy (non-hydrogen) atoms. The van der Waals surface area contributed by atoms with Gasteiger partial charge in [-0.1, -0.05) is 0 Å². The molecule has 0 spiro atoms. The van der Waals surface area contributed by atoms with Crippen molar-refractivity contribution in [3.63, 3.8) is 0 Å². The van der Waals surface area contributed by atoms with E-state index in [2.05, 4.69) is 0 Å². The van der Waals surface area contributed by atoms with Gasteiger partial charge in [-0.25, -0.2) is 0 Å². The normalized spacial score (nSPS) is 11.1. The van der Waals surface area contributed by atoms with E-state index in [0.717, 1.165) is 0 Å². The average molecular weight is 214 g/mol. The van der Waals surface area contributed by atoms with Gasteiger partial charge in [-0.15, -0.1) is 0 Å². The van der Waals surface area contributed by atoms with Gasteiger partial charge in [0.25, 0.3) is 0 Å². The number of carbonyl (C=O) groups excluding carboxylic acids is 1. The minimum Gasteiger partial charge on any atom is -0.550 e. The van der Waals surface area contributed by atoms with Crippen molar-refractivity contribution in [2.45, 2.75) is 12.8 Å². The van der Waals surface area contributed by atoms with Gasteiger partial charge in [0.05, 0.1) is 12.3 Å². The average Bonchev–Trinajstić information content (AvgIpc) is 1.83. The summed E-state index contributed by atoms with van der Waals surface area (Å²) in [6.07, 6.45) is -1.48. The minimum atomic E-state index is -1.57. The Morgan fingerprint density at radius 2 is 1.62 bits per heavy atom. The Balaban J connectivity index is 0. The van der Waals surface area contributed by atoms with Crippen LogP contribution in [0.2, 0.25) is 0 Å². The Kier molecular flexibility index (Phi) is 8.89. The molecule has 0 bridgehead atoms. The molecule has 0 saturated heterocycles. The first-order chi connectivity index (χ1) is 5.43. The van der Waals surface area contributed by atoms with Crippen LogP contribution in [0.3, 0.4) is 0 Å². The van der Waals surface area contributed by atoms with E-state index < -0.39 is 36.7 Å². The van der Waals surface area contributed by atoms with Gasteiger partial charge in [-0.2, -0.15) is 0 Å². The second kappa shape index (κ2) is 7.45. The maximum absolute atomic E-state index is 10.2. The van der Waals surface area contributed by atoms with Gasteiger partial charge < -0.3 is 20.1 Å². The molecule has 0 aromatic heterocycles. The van der Waals surface area contributed by atoms with Gasteiger partial charge in [-0.05, 0) is 0 Å². The Morgan fingerprint density at radius 3 is 1.85 bits per heavy atom. The Hall–Kier alpha value is 0.0464. The third kappa shape index (κ3) is 8.38. The van der Waals surface area contributed by atoms with Crippen LogP contribution >= 0.6 is 0 Å². The number of carboxylic acid groups (broad SMARTS) is 3. The summed E-state index contributed by atoms with van der Waals surface area (Å²) in [7, 11) is 0. The molecule has 0 aromatic carbocycles. The third-order valence-corrected chi connectivity index (χ3v) is 1.18. The topological polar surface area (TPSA) is 115 Å². The maximum atomic E-state index is 10.2. The third-order valence-electron chi connectivity index (χ3n) is 1.18. The van der Waals surface area contributed by atoms with Crippen LogP contribution in [0.4, 0.5) is 0 Å². The van der Waals surface area contributed by atoms with E-state index >= 15 is 0 Å². The molecule has 2 N–H and O–H groups in total. The van der Waals surface area contributed by atoms with Crippen LogP contribution in [0, 0.1) is 5.92 Å². The van der Waals surface area contributed by atoms with Gasteiger partial charge in [0, 0.05) is 12.4 Å². The minimum absolute atomic E-state index is 0. The summed E-state index contributed by atoms with van der Waals surface area (Å²) in [4.78, 5) is 30.2. The van der Waals surface area contributed by atoms with Crippen molar-refractivity contribution in [1.82, 2.24) is 0 Å². The smallest absolute Gasteiger partial charge is 0.550 e. The largest absolute Gasteiger partial charge is 1.00 e. The quantitative estimate of drug-likeness (QED) is 0.444. The van der Waals surface area contributed by atoms with Gasteiger partial charge in [0.1, 0.15) is 0 Å². The molecule has 0 heterocycles. The molecule has 6 nitrogen and oxygen atoms in total. The summed E-state index contributed by atoms with van der Waals surface area (Å²) in [5, 5.41) is 26.4. The molecule has 0 saturated carbocycles. The fourth-order valence-electron chi connectivity index (χ4n) is 0.659. The van der Waals surface area contributed by atoms with Crippen molar-refractivity contribution in [3.05, 3.63) is 0 Å². The molecule has 0 aliphatic heterocycles. The predicted octanol–water partition coefficient (Wildman–Crippen LogP) is -4.69. The van der Waals surface area contributed by atoms with Crippen molar-refractivity contribution < 1.29 is 81.1 Å². The first-order valence-electron chi connectivity index (χ1n) is 3.08. The number of hydrogen-bond donors (Lipinski definition) is 2. The molecular formula is C6H7KO6. The van der Waals surface area contributed by atoms with Crippen molar-refractivity contribution in [2.24, 2.45) is 5.92 Å². The summed E-state index contributed by atoms with van der Waals surface area (Å²) in [6, 6.07) is 0. The fraction of sp³-hybridized carbons (Fsp3) is 0.500. The summed E-state index contributed by atoms with van der Waals surface area (Å²) >= 11 is 0. The SMILES string of the molecule is O=C([O-])CC(CC(=O)O)C(=O)O.[K+]. The Morgan fingerprint density at radius 1 is 1.15 bits per heavy atom. The van der Waals surface area contributed by atoms with E-state index in [-0.39, 0.29) is 51.4 Å². The number of rotatable bonds is 5. The van der Waals surface area contributed by atoms with E-state index in [4.69, 9.17) is 10.2 Å².